The molecule has 1 saturated heterocycles. The lowest BCUT2D eigenvalue weighted by Gasteiger charge is -2.43. The van der Waals surface area contributed by atoms with E-state index in [0.717, 1.165) is 44.8 Å². The third kappa shape index (κ3) is 6.18. The second-order valence-corrected chi connectivity index (χ2v) is 10.2. The number of nitrogens with one attached hydrogen (secondary N) is 2. The van der Waals surface area contributed by atoms with Crippen molar-refractivity contribution in [1.82, 2.24) is 14.9 Å². The van der Waals surface area contributed by atoms with Gasteiger partial charge in [-0.3, -0.25) is 9.59 Å². The van der Waals surface area contributed by atoms with Crippen molar-refractivity contribution in [1.29, 1.82) is 0 Å². The molecule has 0 bridgehead atoms. The molecule has 1 spiro atoms. The lowest BCUT2D eigenvalue weighted by Crippen LogP contribution is -2.53. The monoisotopic (exact) mass is 437 g/mol. The molecule has 0 aromatic heterocycles. The predicted molar refractivity (Wildman–Crippen MR) is 114 cm³/mol. The molecule has 8 nitrogen and oxygen atoms in total. The van der Waals surface area contributed by atoms with Crippen LogP contribution in [0.1, 0.15) is 48.9 Å². The molecule has 1 fully saturated rings. The fourth-order valence-corrected chi connectivity index (χ4v) is 4.65. The largest absolute Gasteiger partial charge is 0.493 e. The van der Waals surface area contributed by atoms with Crippen molar-refractivity contribution in [2.75, 3.05) is 39.0 Å². The highest BCUT2D eigenvalue weighted by Crippen LogP contribution is 2.35. The van der Waals surface area contributed by atoms with Crippen LogP contribution in [0.15, 0.2) is 24.3 Å². The molecular weight excluding hydrogens is 406 g/mol. The van der Waals surface area contributed by atoms with Crippen LogP contribution in [-0.2, 0) is 14.8 Å². The van der Waals surface area contributed by atoms with Crippen LogP contribution >= 0.6 is 0 Å². The molecule has 1 atom stereocenters. The molecule has 0 radical (unpaired) electrons. The molecule has 166 valence electrons. The van der Waals surface area contributed by atoms with Crippen LogP contribution in [0.4, 0.5) is 0 Å². The maximum atomic E-state index is 12.8. The minimum absolute atomic E-state index is 0.173. The molecule has 0 aliphatic carbocycles. The summed E-state index contributed by atoms with van der Waals surface area (Å²) in [5.74, 6) is 0.195. The van der Waals surface area contributed by atoms with Crippen molar-refractivity contribution in [2.24, 2.45) is 5.41 Å². The summed E-state index contributed by atoms with van der Waals surface area (Å²) < 4.78 is 30.7. The Labute approximate surface area is 178 Å². The van der Waals surface area contributed by atoms with Crippen molar-refractivity contribution < 1.29 is 22.7 Å². The van der Waals surface area contributed by atoms with Crippen LogP contribution in [-0.4, -0.2) is 64.2 Å². The zero-order chi connectivity index (χ0) is 21.6. The Balaban J connectivity index is 1.73. The number of carbonyl (C=O) groups is 2. The molecule has 2 N–H and O–H groups in total. The molecule has 3 rings (SSSR count). The molecule has 0 saturated carbocycles. The first kappa shape index (κ1) is 22.6. The van der Waals surface area contributed by atoms with Gasteiger partial charge in [0, 0.05) is 25.0 Å². The van der Waals surface area contributed by atoms with Gasteiger partial charge in [-0.1, -0.05) is 25.0 Å². The molecule has 9 heteroatoms. The van der Waals surface area contributed by atoms with Crippen LogP contribution < -0.4 is 14.8 Å². The highest BCUT2D eigenvalue weighted by atomic mass is 32.2. The predicted octanol–water partition coefficient (Wildman–Crippen LogP) is 1.53. The van der Waals surface area contributed by atoms with Gasteiger partial charge < -0.3 is 15.0 Å². The van der Waals surface area contributed by atoms with Gasteiger partial charge >= 0.3 is 0 Å². The highest BCUT2D eigenvalue weighted by Gasteiger charge is 2.37. The fourth-order valence-electron chi connectivity index (χ4n) is 4.27. The Bertz CT molecular complexity index is 873. The number of amides is 2. The fraction of sp³-hybridized carbons (Fsp3) is 0.619. The number of nitrogens with zero attached hydrogens (tertiary/aromatic N) is 1. The zero-order valence-corrected chi connectivity index (χ0v) is 18.3. The summed E-state index contributed by atoms with van der Waals surface area (Å²) in [5, 5.41) is 3.06. The molecule has 2 aliphatic rings. The zero-order valence-electron chi connectivity index (χ0n) is 17.5. The lowest BCUT2D eigenvalue weighted by atomic mass is 9.75. The number of fused-ring (bicyclic) bond motifs is 1. The summed E-state index contributed by atoms with van der Waals surface area (Å²) in [7, 11) is -3.42. The summed E-state index contributed by atoms with van der Waals surface area (Å²) in [6.07, 6.45) is 6.62. The number of sulfonamides is 1. The molecule has 2 amide bonds. The number of rotatable bonds is 3. The van der Waals surface area contributed by atoms with Gasteiger partial charge in [0.1, 0.15) is 5.75 Å². The van der Waals surface area contributed by atoms with Gasteiger partial charge in [0.2, 0.25) is 15.9 Å². The summed E-state index contributed by atoms with van der Waals surface area (Å²) in [4.78, 5) is 27.1. The summed E-state index contributed by atoms with van der Waals surface area (Å²) in [6.45, 7) is 1.95. The Hall–Kier alpha value is -2.13. The van der Waals surface area contributed by atoms with E-state index in [1.807, 2.05) is 18.2 Å². The first-order chi connectivity index (χ1) is 14.3. The van der Waals surface area contributed by atoms with E-state index in [1.165, 1.54) is 0 Å². The maximum absolute atomic E-state index is 12.8. The molecule has 1 aromatic carbocycles. The second kappa shape index (κ2) is 9.78. The van der Waals surface area contributed by atoms with Crippen LogP contribution in [0.2, 0.25) is 0 Å². The third-order valence-electron chi connectivity index (χ3n) is 5.86. The van der Waals surface area contributed by atoms with Crippen molar-refractivity contribution >= 4 is 21.8 Å². The van der Waals surface area contributed by atoms with Crippen molar-refractivity contribution in [2.45, 2.75) is 38.5 Å². The smallest absolute Gasteiger partial charge is 0.255 e. The lowest BCUT2D eigenvalue weighted by molar-refractivity contribution is -0.133. The van der Waals surface area contributed by atoms with E-state index in [4.69, 9.17) is 4.74 Å². The van der Waals surface area contributed by atoms with Gasteiger partial charge in [-0.15, -0.1) is 0 Å². The van der Waals surface area contributed by atoms with Gasteiger partial charge in [-0.25, -0.2) is 13.1 Å². The molecule has 1 aromatic rings. The normalized spacial score (nSPS) is 23.5. The van der Waals surface area contributed by atoms with Gasteiger partial charge in [0.25, 0.3) is 5.91 Å². The summed E-state index contributed by atoms with van der Waals surface area (Å²) >= 11 is 0. The summed E-state index contributed by atoms with van der Waals surface area (Å²) in [5.41, 5.74) is 0.318. The van der Waals surface area contributed by atoms with E-state index < -0.39 is 10.0 Å². The minimum atomic E-state index is -3.42. The number of benzene rings is 1. The first-order valence-corrected chi connectivity index (χ1v) is 12.4. The Kier molecular flexibility index (Phi) is 7.36. The first-order valence-electron chi connectivity index (χ1n) is 10.5. The maximum Gasteiger partial charge on any atom is 0.255 e. The standard InChI is InChI=1S/C21H31N3O5S/c1-30(27,28)23-14-19(25)24-12-7-11-21(16-24)10-5-2-6-13-29-18-9-4-3-8-17(18)20(26)22-15-21/h3-4,8-9,23H,2,5-7,10-16H2,1H3,(H,22,26). The van der Waals surface area contributed by atoms with E-state index in [2.05, 4.69) is 10.0 Å². The van der Waals surface area contributed by atoms with Crippen LogP contribution in [0.5, 0.6) is 5.75 Å². The van der Waals surface area contributed by atoms with Gasteiger partial charge in [0.05, 0.1) is 25.0 Å². The number of carbonyl (C=O) groups excluding carboxylic acids is 2. The van der Waals surface area contributed by atoms with E-state index in [0.29, 0.717) is 37.6 Å². The topological polar surface area (TPSA) is 105 Å². The van der Waals surface area contributed by atoms with Crippen molar-refractivity contribution in [3.8, 4) is 5.75 Å². The Morgan fingerprint density at radius 1 is 1.20 bits per heavy atom. The van der Waals surface area contributed by atoms with Crippen LogP contribution in [0, 0.1) is 5.41 Å². The van der Waals surface area contributed by atoms with Gasteiger partial charge in [-0.05, 0) is 37.8 Å². The van der Waals surface area contributed by atoms with E-state index in [9.17, 15) is 18.0 Å². The summed E-state index contributed by atoms with van der Waals surface area (Å²) in [6, 6.07) is 7.25. The number of hydrogen-bond acceptors (Lipinski definition) is 5. The molecule has 2 aliphatic heterocycles. The molecule has 1 unspecified atom stereocenters. The van der Waals surface area contributed by atoms with Gasteiger partial charge in [-0.2, -0.15) is 0 Å². The SMILES string of the molecule is CS(=O)(=O)NCC(=O)N1CCCC2(CCCCCOc3ccccc3C(=O)NC2)C1. The average molecular weight is 438 g/mol. The molecule has 2 heterocycles. The quantitative estimate of drug-likeness (QED) is 0.746. The number of piperidine rings is 1. The molecule has 30 heavy (non-hydrogen) atoms. The van der Waals surface area contributed by atoms with Crippen molar-refractivity contribution in [3.63, 3.8) is 0 Å². The van der Waals surface area contributed by atoms with Crippen molar-refractivity contribution in [3.05, 3.63) is 29.8 Å². The average Bonchev–Trinajstić information content (AvgIpc) is 2.72. The van der Waals surface area contributed by atoms with Crippen LogP contribution in [0.25, 0.3) is 0 Å². The van der Waals surface area contributed by atoms with Crippen LogP contribution in [0.3, 0.4) is 0 Å². The number of para-hydroxylation sites is 1. The Morgan fingerprint density at radius 2 is 1.97 bits per heavy atom. The number of hydrogen-bond donors (Lipinski definition) is 2. The number of ether oxygens (including phenoxy) is 1. The minimum Gasteiger partial charge on any atom is -0.493 e. The molecular formula is C21H31N3O5S. The Morgan fingerprint density at radius 3 is 2.77 bits per heavy atom. The highest BCUT2D eigenvalue weighted by molar-refractivity contribution is 7.88. The number of likely N-dealkylation sites (tertiary alicyclic amines) is 1. The second-order valence-electron chi connectivity index (χ2n) is 8.35. The van der Waals surface area contributed by atoms with E-state index in [-0.39, 0.29) is 23.8 Å². The third-order valence-corrected chi connectivity index (χ3v) is 6.53. The van der Waals surface area contributed by atoms with Gasteiger partial charge in [0.15, 0.2) is 0 Å². The van der Waals surface area contributed by atoms with E-state index in [1.54, 1.807) is 11.0 Å². The van der Waals surface area contributed by atoms with E-state index >= 15 is 0 Å².